The quantitative estimate of drug-likeness (QED) is 0.712. The van der Waals surface area contributed by atoms with Gasteiger partial charge in [0.1, 0.15) is 5.76 Å². The van der Waals surface area contributed by atoms with Gasteiger partial charge in [0.25, 0.3) is 0 Å². The number of benzene rings is 1. The first-order valence-corrected chi connectivity index (χ1v) is 10.5. The smallest absolute Gasteiger partial charge is 0.245 e. The van der Waals surface area contributed by atoms with Crippen molar-refractivity contribution in [1.82, 2.24) is 15.0 Å². The largest absolute Gasteiger partial charge is 0.379 e. The molecule has 2 unspecified atom stereocenters. The van der Waals surface area contributed by atoms with Crippen molar-refractivity contribution >= 4 is 17.6 Å². The van der Waals surface area contributed by atoms with Crippen LogP contribution in [0, 0.1) is 12.8 Å². The molecule has 1 aromatic carbocycles. The average molecular weight is 412 g/mol. The van der Waals surface area contributed by atoms with Crippen molar-refractivity contribution in [2.45, 2.75) is 19.3 Å². The summed E-state index contributed by atoms with van der Waals surface area (Å²) in [5.74, 6) is 0.949. The van der Waals surface area contributed by atoms with E-state index >= 15 is 0 Å². The molecule has 0 spiro atoms. The van der Waals surface area contributed by atoms with Crippen LogP contribution < -0.4 is 5.32 Å². The standard InChI is InChI=1S/C22H28N4O4/c1-16-13-20(24-30-16)23-21(27)15-26(8-7-25-9-11-29-12-10-25)22(28)19-14-18(19)17-5-3-2-4-6-17/h2-6,13,18-19H,7-12,14-15H2,1H3,(H,23,24,27). The molecule has 1 aromatic heterocycles. The maximum atomic E-state index is 13.2. The van der Waals surface area contributed by atoms with Crippen LogP contribution in [0.2, 0.25) is 0 Å². The molecular formula is C22H28N4O4. The summed E-state index contributed by atoms with van der Waals surface area (Å²) in [6.45, 7) is 6.13. The third kappa shape index (κ3) is 5.25. The molecular weight excluding hydrogens is 384 g/mol. The van der Waals surface area contributed by atoms with Crippen molar-refractivity contribution < 1.29 is 18.8 Å². The van der Waals surface area contributed by atoms with Gasteiger partial charge in [-0.25, -0.2) is 0 Å². The molecule has 2 aromatic rings. The SMILES string of the molecule is Cc1cc(NC(=O)CN(CCN2CCOCC2)C(=O)C2CC2c2ccccc2)no1. The van der Waals surface area contributed by atoms with Crippen LogP contribution in [0.3, 0.4) is 0 Å². The molecule has 2 amide bonds. The van der Waals surface area contributed by atoms with E-state index in [2.05, 4.69) is 27.5 Å². The first kappa shape index (κ1) is 20.6. The van der Waals surface area contributed by atoms with E-state index in [0.717, 1.165) is 26.1 Å². The van der Waals surface area contributed by atoms with Gasteiger partial charge in [-0.15, -0.1) is 0 Å². The Labute approximate surface area is 176 Å². The van der Waals surface area contributed by atoms with Crippen LogP contribution >= 0.6 is 0 Å². The van der Waals surface area contributed by atoms with E-state index in [-0.39, 0.29) is 30.2 Å². The lowest BCUT2D eigenvalue weighted by atomic mass is 10.1. The number of morpholine rings is 1. The number of ether oxygens (including phenoxy) is 1. The van der Waals surface area contributed by atoms with Crippen LogP contribution in [0.5, 0.6) is 0 Å². The maximum Gasteiger partial charge on any atom is 0.245 e. The highest BCUT2D eigenvalue weighted by atomic mass is 16.5. The maximum absolute atomic E-state index is 13.2. The fourth-order valence-electron chi connectivity index (χ4n) is 3.91. The molecule has 1 saturated carbocycles. The Morgan fingerprint density at radius 2 is 2.00 bits per heavy atom. The molecule has 8 heteroatoms. The van der Waals surface area contributed by atoms with Gasteiger partial charge in [-0.3, -0.25) is 14.5 Å². The number of aryl methyl sites for hydroxylation is 1. The molecule has 1 aliphatic carbocycles. The van der Waals surface area contributed by atoms with Crippen molar-refractivity contribution in [2.75, 3.05) is 51.3 Å². The van der Waals surface area contributed by atoms with E-state index in [9.17, 15) is 9.59 Å². The summed E-state index contributed by atoms with van der Waals surface area (Å²) in [4.78, 5) is 29.7. The number of amides is 2. The molecule has 1 N–H and O–H groups in total. The van der Waals surface area contributed by atoms with E-state index in [1.165, 1.54) is 5.56 Å². The summed E-state index contributed by atoms with van der Waals surface area (Å²) in [5, 5.41) is 6.51. The van der Waals surface area contributed by atoms with E-state index in [1.807, 2.05) is 18.2 Å². The zero-order valence-electron chi connectivity index (χ0n) is 17.3. The minimum atomic E-state index is -0.268. The third-order valence-electron chi connectivity index (χ3n) is 5.67. The number of carbonyl (C=O) groups excluding carboxylic acids is 2. The van der Waals surface area contributed by atoms with Gasteiger partial charge in [0.2, 0.25) is 11.8 Å². The highest BCUT2D eigenvalue weighted by Gasteiger charge is 2.45. The summed E-state index contributed by atoms with van der Waals surface area (Å²) < 4.78 is 10.4. The second kappa shape index (κ2) is 9.40. The first-order valence-electron chi connectivity index (χ1n) is 10.5. The molecule has 2 aliphatic rings. The molecule has 0 bridgehead atoms. The molecule has 30 heavy (non-hydrogen) atoms. The zero-order valence-corrected chi connectivity index (χ0v) is 17.3. The lowest BCUT2D eigenvalue weighted by molar-refractivity contribution is -0.136. The van der Waals surface area contributed by atoms with E-state index in [4.69, 9.17) is 9.26 Å². The van der Waals surface area contributed by atoms with Crippen LogP contribution in [-0.2, 0) is 14.3 Å². The Morgan fingerprint density at radius 1 is 1.23 bits per heavy atom. The predicted molar refractivity (Wildman–Crippen MR) is 111 cm³/mol. The summed E-state index contributed by atoms with van der Waals surface area (Å²) >= 11 is 0. The molecule has 2 heterocycles. The highest BCUT2D eigenvalue weighted by Crippen LogP contribution is 2.48. The molecule has 2 atom stereocenters. The number of aromatic nitrogens is 1. The predicted octanol–water partition coefficient (Wildman–Crippen LogP) is 1.89. The van der Waals surface area contributed by atoms with Gasteiger partial charge in [0.05, 0.1) is 19.8 Å². The van der Waals surface area contributed by atoms with Crippen LogP contribution in [0.25, 0.3) is 0 Å². The van der Waals surface area contributed by atoms with Crippen LogP contribution in [0.1, 0.15) is 23.7 Å². The van der Waals surface area contributed by atoms with E-state index < -0.39 is 0 Å². The molecule has 0 radical (unpaired) electrons. The minimum Gasteiger partial charge on any atom is -0.379 e. The van der Waals surface area contributed by atoms with Gasteiger partial charge in [-0.05, 0) is 24.8 Å². The Hall–Kier alpha value is -2.71. The Kier molecular flexibility index (Phi) is 6.44. The highest BCUT2D eigenvalue weighted by molar-refractivity contribution is 5.94. The first-order chi connectivity index (χ1) is 14.6. The Balaban J connectivity index is 1.38. The van der Waals surface area contributed by atoms with Gasteiger partial charge < -0.3 is 19.5 Å². The second-order valence-electron chi connectivity index (χ2n) is 7.94. The lowest BCUT2D eigenvalue weighted by Crippen LogP contribution is -2.46. The fraction of sp³-hybridized carbons (Fsp3) is 0.500. The van der Waals surface area contributed by atoms with Crippen molar-refractivity contribution in [3.05, 3.63) is 47.7 Å². The number of rotatable bonds is 8. The minimum absolute atomic E-state index is 0.00703. The lowest BCUT2D eigenvalue weighted by Gasteiger charge is -2.30. The molecule has 8 nitrogen and oxygen atoms in total. The van der Waals surface area contributed by atoms with Crippen molar-refractivity contribution in [3.63, 3.8) is 0 Å². The molecule has 1 aliphatic heterocycles. The van der Waals surface area contributed by atoms with E-state index in [0.29, 0.717) is 31.3 Å². The Morgan fingerprint density at radius 3 is 2.70 bits per heavy atom. The monoisotopic (exact) mass is 412 g/mol. The number of hydrogen-bond acceptors (Lipinski definition) is 6. The van der Waals surface area contributed by atoms with Gasteiger partial charge in [0.15, 0.2) is 5.82 Å². The van der Waals surface area contributed by atoms with Crippen molar-refractivity contribution in [3.8, 4) is 0 Å². The molecule has 1 saturated heterocycles. The zero-order chi connectivity index (χ0) is 20.9. The number of hydrogen-bond donors (Lipinski definition) is 1. The summed E-state index contributed by atoms with van der Waals surface area (Å²) in [6.07, 6.45) is 0.834. The second-order valence-corrected chi connectivity index (χ2v) is 7.94. The molecule has 2 fully saturated rings. The van der Waals surface area contributed by atoms with E-state index in [1.54, 1.807) is 17.9 Å². The van der Waals surface area contributed by atoms with Gasteiger partial charge >= 0.3 is 0 Å². The topological polar surface area (TPSA) is 87.9 Å². The normalized spacial score (nSPS) is 21.2. The van der Waals surface area contributed by atoms with Gasteiger partial charge in [0, 0.05) is 38.2 Å². The van der Waals surface area contributed by atoms with Crippen LogP contribution in [0.4, 0.5) is 5.82 Å². The summed E-state index contributed by atoms with van der Waals surface area (Å²) in [7, 11) is 0. The van der Waals surface area contributed by atoms with Crippen LogP contribution in [0.15, 0.2) is 40.9 Å². The fourth-order valence-corrected chi connectivity index (χ4v) is 3.91. The van der Waals surface area contributed by atoms with Crippen molar-refractivity contribution in [1.29, 1.82) is 0 Å². The van der Waals surface area contributed by atoms with Crippen LogP contribution in [-0.4, -0.2) is 72.7 Å². The Bertz CT molecular complexity index is 863. The average Bonchev–Trinajstić information content (AvgIpc) is 3.47. The van der Waals surface area contributed by atoms with Gasteiger partial charge in [-0.2, -0.15) is 0 Å². The summed E-state index contributed by atoms with van der Waals surface area (Å²) in [6, 6.07) is 11.8. The van der Waals surface area contributed by atoms with Gasteiger partial charge in [-0.1, -0.05) is 35.5 Å². The molecule has 160 valence electrons. The number of anilines is 1. The third-order valence-corrected chi connectivity index (χ3v) is 5.67. The van der Waals surface area contributed by atoms with Crippen molar-refractivity contribution in [2.24, 2.45) is 5.92 Å². The molecule has 4 rings (SSSR count). The summed E-state index contributed by atoms with van der Waals surface area (Å²) in [5.41, 5.74) is 1.19. The number of nitrogens with zero attached hydrogens (tertiary/aromatic N) is 3. The number of carbonyl (C=O) groups is 2. The number of nitrogens with one attached hydrogen (secondary N) is 1.